The lowest BCUT2D eigenvalue weighted by Gasteiger charge is -2.36. The molecule has 0 aromatic heterocycles. The van der Waals surface area contributed by atoms with E-state index < -0.39 is 11.7 Å². The van der Waals surface area contributed by atoms with Crippen LogP contribution in [0.1, 0.15) is 24.0 Å². The second kappa shape index (κ2) is 8.42. The van der Waals surface area contributed by atoms with Crippen LogP contribution in [-0.2, 0) is 12.7 Å². The van der Waals surface area contributed by atoms with Gasteiger partial charge in [-0.05, 0) is 41.7 Å². The molecule has 6 heteroatoms. The van der Waals surface area contributed by atoms with Crippen LogP contribution in [0, 0.1) is 0 Å². The number of hydrazine groups is 1. The zero-order chi connectivity index (χ0) is 19.4. The standard InChI is InChI=1S/C21H26F3N3/c1-26(2)27-13-11-20(12-14-27)25-15-16-3-5-17(6-4-16)18-7-9-19(10-8-18)21(22,23)24/h3-10,20,25H,11-15H2,1-2H3. The number of benzene rings is 2. The van der Waals surface area contributed by atoms with Crippen LogP contribution in [0.15, 0.2) is 48.5 Å². The molecule has 0 aliphatic carbocycles. The van der Waals surface area contributed by atoms with E-state index >= 15 is 0 Å². The maximum absolute atomic E-state index is 12.7. The molecule has 0 saturated carbocycles. The normalized spacial score (nSPS) is 16.8. The van der Waals surface area contributed by atoms with Crippen molar-refractivity contribution in [3.8, 4) is 11.1 Å². The summed E-state index contributed by atoms with van der Waals surface area (Å²) in [7, 11) is 4.15. The smallest absolute Gasteiger partial charge is 0.310 e. The van der Waals surface area contributed by atoms with E-state index in [4.69, 9.17) is 0 Å². The fourth-order valence-corrected chi connectivity index (χ4v) is 3.40. The number of hydrogen-bond donors (Lipinski definition) is 1. The zero-order valence-corrected chi connectivity index (χ0v) is 15.8. The van der Waals surface area contributed by atoms with E-state index in [1.54, 1.807) is 0 Å². The average Bonchev–Trinajstić information content (AvgIpc) is 2.66. The molecule has 0 radical (unpaired) electrons. The first-order valence-electron chi connectivity index (χ1n) is 9.25. The molecule has 3 rings (SSSR count). The SMILES string of the molecule is CN(C)N1CCC(NCc2ccc(-c3ccc(C(F)(F)F)cc3)cc2)CC1. The Morgan fingerprint density at radius 3 is 1.93 bits per heavy atom. The van der Waals surface area contributed by atoms with E-state index in [1.165, 1.54) is 17.7 Å². The summed E-state index contributed by atoms with van der Waals surface area (Å²) in [5, 5.41) is 8.10. The average molecular weight is 377 g/mol. The molecule has 1 heterocycles. The number of nitrogens with zero attached hydrogens (tertiary/aromatic N) is 2. The highest BCUT2D eigenvalue weighted by atomic mass is 19.4. The lowest BCUT2D eigenvalue weighted by atomic mass is 10.0. The van der Waals surface area contributed by atoms with Crippen LogP contribution in [-0.4, -0.2) is 43.2 Å². The second-order valence-electron chi connectivity index (χ2n) is 7.23. The van der Waals surface area contributed by atoms with Crippen molar-refractivity contribution in [1.82, 2.24) is 15.3 Å². The Hall–Kier alpha value is -1.89. The van der Waals surface area contributed by atoms with E-state index in [2.05, 4.69) is 29.4 Å². The molecule has 2 aromatic carbocycles. The first-order chi connectivity index (χ1) is 12.8. The van der Waals surface area contributed by atoms with Crippen LogP contribution in [0.25, 0.3) is 11.1 Å². The minimum absolute atomic E-state index is 0.524. The number of alkyl halides is 3. The molecular weight excluding hydrogens is 351 g/mol. The van der Waals surface area contributed by atoms with Crippen molar-refractivity contribution in [3.63, 3.8) is 0 Å². The molecule has 27 heavy (non-hydrogen) atoms. The summed E-state index contributed by atoms with van der Waals surface area (Å²) >= 11 is 0. The third-order valence-corrected chi connectivity index (χ3v) is 5.13. The van der Waals surface area contributed by atoms with E-state index in [-0.39, 0.29) is 0 Å². The largest absolute Gasteiger partial charge is 0.416 e. The fraction of sp³-hybridized carbons (Fsp3) is 0.429. The number of nitrogens with one attached hydrogen (secondary N) is 1. The van der Waals surface area contributed by atoms with Crippen LogP contribution in [0.3, 0.4) is 0 Å². The van der Waals surface area contributed by atoms with Gasteiger partial charge in [-0.25, -0.2) is 10.0 Å². The summed E-state index contributed by atoms with van der Waals surface area (Å²) < 4.78 is 38.0. The first kappa shape index (κ1) is 19.9. The zero-order valence-electron chi connectivity index (χ0n) is 15.8. The summed E-state index contributed by atoms with van der Waals surface area (Å²) in [6.45, 7) is 2.94. The van der Waals surface area contributed by atoms with E-state index in [1.807, 2.05) is 24.3 Å². The predicted octanol–water partition coefficient (Wildman–Crippen LogP) is 4.40. The van der Waals surface area contributed by atoms with Gasteiger partial charge in [-0.1, -0.05) is 36.4 Å². The highest BCUT2D eigenvalue weighted by Crippen LogP contribution is 2.31. The van der Waals surface area contributed by atoms with Crippen molar-refractivity contribution in [2.24, 2.45) is 0 Å². The van der Waals surface area contributed by atoms with Crippen molar-refractivity contribution in [2.45, 2.75) is 31.6 Å². The maximum atomic E-state index is 12.7. The molecule has 1 aliphatic rings. The molecule has 2 aromatic rings. The fourth-order valence-electron chi connectivity index (χ4n) is 3.40. The van der Waals surface area contributed by atoms with Gasteiger partial charge in [0.05, 0.1) is 5.56 Å². The summed E-state index contributed by atoms with van der Waals surface area (Å²) in [6.07, 6.45) is -2.04. The predicted molar refractivity (Wildman–Crippen MR) is 102 cm³/mol. The Morgan fingerprint density at radius 2 is 1.44 bits per heavy atom. The van der Waals surface area contributed by atoms with Crippen molar-refractivity contribution >= 4 is 0 Å². The van der Waals surface area contributed by atoms with Gasteiger partial charge >= 0.3 is 6.18 Å². The molecular formula is C21H26F3N3. The van der Waals surface area contributed by atoms with Crippen molar-refractivity contribution in [1.29, 1.82) is 0 Å². The van der Waals surface area contributed by atoms with Gasteiger partial charge in [0.2, 0.25) is 0 Å². The van der Waals surface area contributed by atoms with Crippen molar-refractivity contribution in [3.05, 3.63) is 59.7 Å². The van der Waals surface area contributed by atoms with Crippen LogP contribution >= 0.6 is 0 Å². The van der Waals surface area contributed by atoms with Gasteiger partial charge in [0.15, 0.2) is 0 Å². The molecule has 0 atom stereocenters. The molecule has 1 saturated heterocycles. The van der Waals surface area contributed by atoms with Crippen molar-refractivity contribution in [2.75, 3.05) is 27.2 Å². The van der Waals surface area contributed by atoms with Crippen LogP contribution < -0.4 is 5.32 Å². The Kier molecular flexibility index (Phi) is 6.19. The summed E-state index contributed by atoms with van der Waals surface area (Å²) in [5.41, 5.74) is 2.28. The highest BCUT2D eigenvalue weighted by molar-refractivity contribution is 5.64. The molecule has 1 aliphatic heterocycles. The summed E-state index contributed by atoms with van der Waals surface area (Å²) in [4.78, 5) is 0. The van der Waals surface area contributed by atoms with Gasteiger partial charge in [0, 0.05) is 39.8 Å². The summed E-state index contributed by atoms with van der Waals surface area (Å²) in [5.74, 6) is 0. The molecule has 0 bridgehead atoms. The van der Waals surface area contributed by atoms with Gasteiger partial charge < -0.3 is 5.32 Å². The number of hydrogen-bond acceptors (Lipinski definition) is 3. The molecule has 0 spiro atoms. The second-order valence-corrected chi connectivity index (χ2v) is 7.23. The Balaban J connectivity index is 1.53. The van der Waals surface area contributed by atoms with Crippen LogP contribution in [0.5, 0.6) is 0 Å². The monoisotopic (exact) mass is 377 g/mol. The van der Waals surface area contributed by atoms with Gasteiger partial charge in [-0.2, -0.15) is 13.2 Å². The Morgan fingerprint density at radius 1 is 0.926 bits per heavy atom. The Labute approximate surface area is 158 Å². The van der Waals surface area contributed by atoms with Gasteiger partial charge in [0.1, 0.15) is 0 Å². The Bertz CT molecular complexity index is 716. The van der Waals surface area contributed by atoms with Gasteiger partial charge in [0.25, 0.3) is 0 Å². The van der Waals surface area contributed by atoms with E-state index in [0.29, 0.717) is 6.04 Å². The summed E-state index contributed by atoms with van der Waals surface area (Å²) in [6, 6.07) is 13.8. The molecule has 0 unspecified atom stereocenters. The van der Waals surface area contributed by atoms with Gasteiger partial charge in [-0.15, -0.1) is 0 Å². The van der Waals surface area contributed by atoms with Crippen LogP contribution in [0.2, 0.25) is 0 Å². The third kappa shape index (κ3) is 5.31. The van der Waals surface area contributed by atoms with Crippen LogP contribution in [0.4, 0.5) is 13.2 Å². The molecule has 1 fully saturated rings. The minimum Gasteiger partial charge on any atom is -0.310 e. The lowest BCUT2D eigenvalue weighted by Crippen LogP contribution is -2.47. The minimum atomic E-state index is -4.29. The number of rotatable bonds is 5. The quantitative estimate of drug-likeness (QED) is 0.833. The molecule has 0 amide bonds. The lowest BCUT2D eigenvalue weighted by molar-refractivity contribution is -0.137. The third-order valence-electron chi connectivity index (χ3n) is 5.13. The first-order valence-corrected chi connectivity index (χ1v) is 9.25. The molecule has 146 valence electrons. The number of halogens is 3. The van der Waals surface area contributed by atoms with E-state index in [0.717, 1.165) is 55.7 Å². The topological polar surface area (TPSA) is 18.5 Å². The molecule has 1 N–H and O–H groups in total. The van der Waals surface area contributed by atoms with Crippen molar-refractivity contribution < 1.29 is 13.2 Å². The maximum Gasteiger partial charge on any atom is 0.416 e. The molecule has 3 nitrogen and oxygen atoms in total. The number of piperidine rings is 1. The van der Waals surface area contributed by atoms with Gasteiger partial charge in [-0.3, -0.25) is 0 Å². The van der Waals surface area contributed by atoms with E-state index in [9.17, 15) is 13.2 Å². The highest BCUT2D eigenvalue weighted by Gasteiger charge is 2.29.